The Morgan fingerprint density at radius 3 is 2.53 bits per heavy atom. The molecule has 0 amide bonds. The lowest BCUT2D eigenvalue weighted by molar-refractivity contribution is 0.458. The number of nitrogens with zero attached hydrogens (tertiary/aromatic N) is 2. The maximum atomic E-state index is 6.03. The molecule has 7 heteroatoms. The van der Waals surface area contributed by atoms with Crippen molar-refractivity contribution in [2.45, 2.75) is 0 Å². The zero-order chi connectivity index (χ0) is 12.4. The summed E-state index contributed by atoms with van der Waals surface area (Å²) in [6, 6.07) is 3.27. The maximum absolute atomic E-state index is 6.03. The number of benzene rings is 1. The van der Waals surface area contributed by atoms with Crippen molar-refractivity contribution in [2.24, 2.45) is 0 Å². The van der Waals surface area contributed by atoms with E-state index in [9.17, 15) is 0 Å². The van der Waals surface area contributed by atoms with Crippen LogP contribution in [0.4, 0.5) is 0 Å². The number of aromatic nitrogens is 2. The van der Waals surface area contributed by atoms with Crippen molar-refractivity contribution in [1.82, 2.24) is 9.97 Å². The molecule has 2 rings (SSSR count). The van der Waals surface area contributed by atoms with Crippen LogP contribution in [0, 0.1) is 0 Å². The number of hydrogen-bond donors (Lipinski definition) is 0. The second kappa shape index (κ2) is 5.52. The zero-order valence-corrected chi connectivity index (χ0v) is 12.8. The van der Waals surface area contributed by atoms with Crippen molar-refractivity contribution in [3.8, 4) is 11.6 Å². The number of ether oxygens (including phenoxy) is 1. The molecular formula is C10H4Br2Cl2N2O. The SMILES string of the molecule is Clc1cc(Oc2ncncc2Br)c(Cl)cc1Br. The first-order chi connectivity index (χ1) is 8.08. The lowest BCUT2D eigenvalue weighted by Gasteiger charge is -2.08. The van der Waals surface area contributed by atoms with Crippen LogP contribution in [0.2, 0.25) is 10.0 Å². The summed E-state index contributed by atoms with van der Waals surface area (Å²) in [6.07, 6.45) is 2.96. The molecule has 0 N–H and O–H groups in total. The van der Waals surface area contributed by atoms with Crippen molar-refractivity contribution < 1.29 is 4.74 Å². The predicted molar refractivity (Wildman–Crippen MR) is 74.0 cm³/mol. The fraction of sp³-hybridized carbons (Fsp3) is 0. The van der Waals surface area contributed by atoms with Gasteiger partial charge in [0.1, 0.15) is 12.1 Å². The fourth-order valence-corrected chi connectivity index (χ4v) is 2.20. The van der Waals surface area contributed by atoms with Crippen molar-refractivity contribution in [2.75, 3.05) is 0 Å². The highest BCUT2D eigenvalue weighted by molar-refractivity contribution is 9.10. The monoisotopic (exact) mass is 396 g/mol. The third-order valence-electron chi connectivity index (χ3n) is 1.82. The number of rotatable bonds is 2. The van der Waals surface area contributed by atoms with Crippen LogP contribution in [-0.2, 0) is 0 Å². The van der Waals surface area contributed by atoms with E-state index in [1.54, 1.807) is 18.3 Å². The maximum Gasteiger partial charge on any atom is 0.236 e. The van der Waals surface area contributed by atoms with Crippen LogP contribution in [0.1, 0.15) is 0 Å². The molecule has 3 nitrogen and oxygen atoms in total. The van der Waals surface area contributed by atoms with E-state index >= 15 is 0 Å². The van der Waals surface area contributed by atoms with Crippen molar-refractivity contribution in [3.05, 3.63) is 43.6 Å². The fourth-order valence-electron chi connectivity index (χ4n) is 1.06. The summed E-state index contributed by atoms with van der Waals surface area (Å²) in [5.41, 5.74) is 0. The molecule has 1 aromatic carbocycles. The van der Waals surface area contributed by atoms with Gasteiger partial charge in [-0.3, -0.25) is 0 Å². The van der Waals surface area contributed by atoms with E-state index in [1.807, 2.05) is 0 Å². The number of halogens is 4. The van der Waals surface area contributed by atoms with Gasteiger partial charge in [-0.2, -0.15) is 0 Å². The first-order valence-electron chi connectivity index (χ1n) is 4.36. The molecule has 0 radical (unpaired) electrons. The van der Waals surface area contributed by atoms with Gasteiger partial charge in [0.2, 0.25) is 5.88 Å². The van der Waals surface area contributed by atoms with Crippen molar-refractivity contribution >= 4 is 55.1 Å². The molecule has 0 saturated heterocycles. The van der Waals surface area contributed by atoms with E-state index < -0.39 is 0 Å². The summed E-state index contributed by atoms with van der Waals surface area (Å²) in [5.74, 6) is 0.805. The minimum absolute atomic E-state index is 0.375. The molecule has 0 aliphatic carbocycles. The Labute approximate surface area is 124 Å². The van der Waals surface area contributed by atoms with Crippen LogP contribution < -0.4 is 4.74 Å². The van der Waals surface area contributed by atoms with Crippen molar-refractivity contribution in [3.63, 3.8) is 0 Å². The molecule has 1 heterocycles. The van der Waals surface area contributed by atoms with Crippen LogP contribution in [0.3, 0.4) is 0 Å². The van der Waals surface area contributed by atoms with E-state index in [4.69, 9.17) is 27.9 Å². The molecule has 0 fully saturated rings. The second-order valence-electron chi connectivity index (χ2n) is 2.97. The van der Waals surface area contributed by atoms with Gasteiger partial charge in [-0.25, -0.2) is 9.97 Å². The smallest absolute Gasteiger partial charge is 0.236 e. The lowest BCUT2D eigenvalue weighted by atomic mass is 10.3. The molecule has 0 aliphatic heterocycles. The number of hydrogen-bond acceptors (Lipinski definition) is 3. The summed E-state index contributed by atoms with van der Waals surface area (Å²) in [6.45, 7) is 0. The Hall–Kier alpha value is -0.360. The molecule has 0 saturated carbocycles. The summed E-state index contributed by atoms with van der Waals surface area (Å²) < 4.78 is 6.88. The molecule has 88 valence electrons. The third kappa shape index (κ3) is 3.10. The van der Waals surface area contributed by atoms with E-state index in [0.29, 0.717) is 30.6 Å². The zero-order valence-electron chi connectivity index (χ0n) is 8.12. The molecular weight excluding hydrogens is 395 g/mol. The second-order valence-corrected chi connectivity index (χ2v) is 5.50. The average Bonchev–Trinajstić information content (AvgIpc) is 2.29. The van der Waals surface area contributed by atoms with Crippen LogP contribution in [0.15, 0.2) is 33.6 Å². The van der Waals surface area contributed by atoms with Gasteiger partial charge in [0, 0.05) is 16.7 Å². The minimum Gasteiger partial charge on any atom is -0.436 e. The summed E-state index contributed by atoms with van der Waals surface area (Å²) in [4.78, 5) is 7.81. The van der Waals surface area contributed by atoms with Crippen molar-refractivity contribution in [1.29, 1.82) is 0 Å². The summed E-state index contributed by atoms with van der Waals surface area (Å²) >= 11 is 18.5. The Balaban J connectivity index is 2.37. The predicted octanol–water partition coefficient (Wildman–Crippen LogP) is 5.10. The molecule has 2 aromatic rings. The van der Waals surface area contributed by atoms with Gasteiger partial charge in [0.15, 0.2) is 0 Å². The Kier molecular flexibility index (Phi) is 4.25. The van der Waals surface area contributed by atoms with Gasteiger partial charge in [-0.1, -0.05) is 23.2 Å². The van der Waals surface area contributed by atoms with Crippen LogP contribution in [0.5, 0.6) is 11.6 Å². The lowest BCUT2D eigenvalue weighted by Crippen LogP contribution is -1.91. The molecule has 0 bridgehead atoms. The van der Waals surface area contributed by atoms with Gasteiger partial charge < -0.3 is 4.74 Å². The quantitative estimate of drug-likeness (QED) is 0.660. The molecule has 0 unspecified atom stereocenters. The molecule has 1 aromatic heterocycles. The minimum atomic E-state index is 0.375. The molecule has 17 heavy (non-hydrogen) atoms. The van der Waals surface area contributed by atoms with Crippen LogP contribution in [-0.4, -0.2) is 9.97 Å². The highest BCUT2D eigenvalue weighted by atomic mass is 79.9. The van der Waals surface area contributed by atoms with Crippen LogP contribution >= 0.6 is 55.1 Å². The van der Waals surface area contributed by atoms with Gasteiger partial charge in [0.25, 0.3) is 0 Å². The Bertz CT molecular complexity index is 566. The van der Waals surface area contributed by atoms with Gasteiger partial charge in [-0.05, 0) is 37.9 Å². The first kappa shape index (κ1) is 13.1. The largest absolute Gasteiger partial charge is 0.436 e. The van der Waals surface area contributed by atoms with Crippen LogP contribution in [0.25, 0.3) is 0 Å². The van der Waals surface area contributed by atoms with E-state index in [1.165, 1.54) is 6.33 Å². The standard InChI is InChI=1S/C10H4Br2Cl2N2O/c11-5-1-8(14)9(2-7(5)13)17-10-6(12)3-15-4-16-10/h1-4H. The summed E-state index contributed by atoms with van der Waals surface area (Å²) in [7, 11) is 0. The van der Waals surface area contributed by atoms with Gasteiger partial charge in [0.05, 0.1) is 14.5 Å². The topological polar surface area (TPSA) is 35.0 Å². The molecule has 0 spiro atoms. The third-order valence-corrected chi connectivity index (χ3v) is 3.85. The summed E-state index contributed by atoms with van der Waals surface area (Å²) in [5, 5.41) is 0.946. The molecule has 0 atom stereocenters. The average molecular weight is 399 g/mol. The Morgan fingerprint density at radius 2 is 1.82 bits per heavy atom. The molecule has 0 aliphatic rings. The highest BCUT2D eigenvalue weighted by Gasteiger charge is 2.10. The first-order valence-corrected chi connectivity index (χ1v) is 6.70. The van der Waals surface area contributed by atoms with Gasteiger partial charge in [-0.15, -0.1) is 0 Å². The highest BCUT2D eigenvalue weighted by Crippen LogP contribution is 2.37. The normalized spacial score (nSPS) is 10.4. The van der Waals surface area contributed by atoms with Gasteiger partial charge >= 0.3 is 0 Å². The Morgan fingerprint density at radius 1 is 1.06 bits per heavy atom. The van der Waals surface area contributed by atoms with E-state index in [-0.39, 0.29) is 0 Å². The van der Waals surface area contributed by atoms with E-state index in [0.717, 1.165) is 0 Å². The van der Waals surface area contributed by atoms with E-state index in [2.05, 4.69) is 41.8 Å².